The van der Waals surface area contributed by atoms with Crippen LogP contribution in [0.5, 0.6) is 5.75 Å². The highest BCUT2D eigenvalue weighted by Crippen LogP contribution is 2.22. The molecule has 1 aromatic carbocycles. The molecule has 0 radical (unpaired) electrons. The number of benzene rings is 1. The minimum atomic E-state index is -3.90. The highest BCUT2D eigenvalue weighted by atomic mass is 32.2. The van der Waals surface area contributed by atoms with E-state index in [-0.39, 0.29) is 35.6 Å². The van der Waals surface area contributed by atoms with Gasteiger partial charge in [0.15, 0.2) is 0 Å². The Morgan fingerprint density at radius 1 is 1.29 bits per heavy atom. The first-order valence-corrected chi connectivity index (χ1v) is 7.39. The summed E-state index contributed by atoms with van der Waals surface area (Å²) in [5.41, 5.74) is -0.272. The Hall–Kier alpha value is -2.13. The summed E-state index contributed by atoms with van der Waals surface area (Å²) in [7, 11) is -2.62. The number of aromatic carboxylic acids is 1. The normalized spacial score (nSPS) is 11.1. The van der Waals surface area contributed by atoms with Crippen LogP contribution in [0.25, 0.3) is 0 Å². The summed E-state index contributed by atoms with van der Waals surface area (Å²) in [6.07, 6.45) is -0.0258. The van der Waals surface area contributed by atoms with Gasteiger partial charge in [-0.2, -0.15) is 0 Å². The standard InChI is InChI=1S/C12H15NO7S/c1-20-10-5-4-8(7-9(10)12(16)17)21(18,19)13-6-2-3-11(14)15/h4-5,7,13H,2-3,6H2,1H3,(H,14,15)(H,16,17). The molecule has 0 unspecified atom stereocenters. The van der Waals surface area contributed by atoms with E-state index in [9.17, 15) is 18.0 Å². The topological polar surface area (TPSA) is 130 Å². The van der Waals surface area contributed by atoms with Gasteiger partial charge in [-0.05, 0) is 24.6 Å². The van der Waals surface area contributed by atoms with Gasteiger partial charge in [-0.25, -0.2) is 17.9 Å². The molecule has 0 aromatic heterocycles. The molecule has 0 aliphatic rings. The second-order valence-electron chi connectivity index (χ2n) is 4.06. The fourth-order valence-corrected chi connectivity index (χ4v) is 2.65. The Kier molecular flexibility index (Phi) is 5.68. The van der Waals surface area contributed by atoms with Crippen molar-refractivity contribution < 1.29 is 33.0 Å². The number of hydrogen-bond donors (Lipinski definition) is 3. The SMILES string of the molecule is COc1ccc(S(=O)(=O)NCCCC(=O)O)cc1C(=O)O. The minimum absolute atomic E-state index is 0.0485. The highest BCUT2D eigenvalue weighted by Gasteiger charge is 2.19. The van der Waals surface area contributed by atoms with Crippen LogP contribution in [0.2, 0.25) is 0 Å². The maximum Gasteiger partial charge on any atom is 0.339 e. The number of hydrogen-bond acceptors (Lipinski definition) is 5. The van der Waals surface area contributed by atoms with Crippen molar-refractivity contribution in [2.24, 2.45) is 0 Å². The Morgan fingerprint density at radius 3 is 2.48 bits per heavy atom. The third-order valence-electron chi connectivity index (χ3n) is 2.57. The summed E-state index contributed by atoms with van der Waals surface area (Å²) in [4.78, 5) is 21.1. The van der Waals surface area contributed by atoms with Gasteiger partial charge in [-0.15, -0.1) is 0 Å². The van der Waals surface area contributed by atoms with E-state index in [1.54, 1.807) is 0 Å². The number of nitrogens with one attached hydrogen (secondary N) is 1. The number of ether oxygens (including phenoxy) is 1. The molecule has 1 rings (SSSR count). The van der Waals surface area contributed by atoms with Crippen LogP contribution in [0.1, 0.15) is 23.2 Å². The monoisotopic (exact) mass is 317 g/mol. The van der Waals surface area contributed by atoms with Crippen molar-refractivity contribution in [3.05, 3.63) is 23.8 Å². The van der Waals surface area contributed by atoms with Crippen LogP contribution < -0.4 is 9.46 Å². The predicted molar refractivity (Wildman–Crippen MR) is 72.0 cm³/mol. The van der Waals surface area contributed by atoms with Crippen molar-refractivity contribution in [1.29, 1.82) is 0 Å². The molecule has 0 saturated heterocycles. The van der Waals surface area contributed by atoms with Crippen molar-refractivity contribution in [2.75, 3.05) is 13.7 Å². The molecule has 116 valence electrons. The molecule has 0 spiro atoms. The van der Waals surface area contributed by atoms with E-state index >= 15 is 0 Å². The van der Waals surface area contributed by atoms with Gasteiger partial charge in [-0.1, -0.05) is 0 Å². The fourth-order valence-electron chi connectivity index (χ4n) is 1.55. The number of carboxylic acids is 2. The van der Waals surface area contributed by atoms with Gasteiger partial charge in [0.2, 0.25) is 10.0 Å². The molecular weight excluding hydrogens is 302 g/mol. The zero-order chi connectivity index (χ0) is 16.0. The molecule has 1 aromatic rings. The lowest BCUT2D eigenvalue weighted by Crippen LogP contribution is -2.25. The van der Waals surface area contributed by atoms with Gasteiger partial charge in [0.1, 0.15) is 11.3 Å². The second kappa shape index (κ2) is 7.04. The van der Waals surface area contributed by atoms with Gasteiger partial charge in [0.05, 0.1) is 12.0 Å². The first-order chi connectivity index (χ1) is 9.77. The zero-order valence-electron chi connectivity index (χ0n) is 11.2. The Balaban J connectivity index is 2.90. The third kappa shape index (κ3) is 4.72. The Bertz CT molecular complexity index is 639. The minimum Gasteiger partial charge on any atom is -0.496 e. The molecule has 0 aliphatic carbocycles. The largest absolute Gasteiger partial charge is 0.496 e. The van der Waals surface area contributed by atoms with Crippen LogP contribution in [0.4, 0.5) is 0 Å². The molecule has 0 amide bonds. The van der Waals surface area contributed by atoms with E-state index < -0.39 is 22.0 Å². The number of aliphatic carboxylic acids is 1. The first kappa shape index (κ1) is 16.9. The van der Waals surface area contributed by atoms with Gasteiger partial charge >= 0.3 is 11.9 Å². The smallest absolute Gasteiger partial charge is 0.339 e. The van der Waals surface area contributed by atoms with Crippen LogP contribution in [0.15, 0.2) is 23.1 Å². The highest BCUT2D eigenvalue weighted by molar-refractivity contribution is 7.89. The van der Waals surface area contributed by atoms with Gasteiger partial charge < -0.3 is 14.9 Å². The summed E-state index contributed by atoms with van der Waals surface area (Å²) in [5, 5.41) is 17.5. The summed E-state index contributed by atoms with van der Waals surface area (Å²) in [5.74, 6) is -2.28. The maximum absolute atomic E-state index is 12.0. The van der Waals surface area contributed by atoms with Crippen LogP contribution >= 0.6 is 0 Å². The zero-order valence-corrected chi connectivity index (χ0v) is 12.0. The summed E-state index contributed by atoms with van der Waals surface area (Å²) < 4.78 is 31.0. The molecule has 9 heteroatoms. The molecule has 0 saturated carbocycles. The lowest BCUT2D eigenvalue weighted by molar-refractivity contribution is -0.137. The summed E-state index contributed by atoms with van der Waals surface area (Å²) >= 11 is 0. The summed E-state index contributed by atoms with van der Waals surface area (Å²) in [6, 6.07) is 3.45. The van der Waals surface area contributed by atoms with Gasteiger partial charge in [0, 0.05) is 13.0 Å². The van der Waals surface area contributed by atoms with E-state index in [4.69, 9.17) is 14.9 Å². The molecule has 0 bridgehead atoms. The van der Waals surface area contributed by atoms with Crippen molar-refractivity contribution in [1.82, 2.24) is 4.72 Å². The van der Waals surface area contributed by atoms with Crippen LogP contribution in [-0.2, 0) is 14.8 Å². The predicted octanol–water partition coefficient (Wildman–Crippen LogP) is 0.537. The number of sulfonamides is 1. The van der Waals surface area contributed by atoms with Crippen molar-refractivity contribution >= 4 is 22.0 Å². The second-order valence-corrected chi connectivity index (χ2v) is 5.83. The molecular formula is C12H15NO7S. The van der Waals surface area contributed by atoms with Crippen LogP contribution in [0, 0.1) is 0 Å². The summed E-state index contributed by atoms with van der Waals surface area (Å²) in [6.45, 7) is -0.0525. The Morgan fingerprint density at radius 2 is 1.95 bits per heavy atom. The molecule has 8 nitrogen and oxygen atoms in total. The average Bonchev–Trinajstić information content (AvgIpc) is 2.42. The quantitative estimate of drug-likeness (QED) is 0.596. The van der Waals surface area contributed by atoms with E-state index in [1.807, 2.05) is 0 Å². The van der Waals surface area contributed by atoms with Crippen LogP contribution in [0.3, 0.4) is 0 Å². The van der Waals surface area contributed by atoms with Gasteiger partial charge in [-0.3, -0.25) is 4.79 Å². The van der Waals surface area contributed by atoms with Crippen molar-refractivity contribution in [3.63, 3.8) is 0 Å². The van der Waals surface area contributed by atoms with E-state index in [0.717, 1.165) is 6.07 Å². The van der Waals surface area contributed by atoms with E-state index in [0.29, 0.717) is 0 Å². The van der Waals surface area contributed by atoms with Gasteiger partial charge in [0.25, 0.3) is 0 Å². The lowest BCUT2D eigenvalue weighted by atomic mass is 10.2. The number of methoxy groups -OCH3 is 1. The Labute approximate surface area is 121 Å². The van der Waals surface area contributed by atoms with E-state index in [1.165, 1.54) is 19.2 Å². The molecule has 0 heterocycles. The first-order valence-electron chi connectivity index (χ1n) is 5.90. The average molecular weight is 317 g/mol. The van der Waals surface area contributed by atoms with Crippen molar-refractivity contribution in [2.45, 2.75) is 17.7 Å². The number of rotatable bonds is 8. The number of carbonyl (C=O) groups is 2. The number of carboxylic acid groups (broad SMARTS) is 2. The molecule has 0 aliphatic heterocycles. The lowest BCUT2D eigenvalue weighted by Gasteiger charge is -2.09. The molecule has 3 N–H and O–H groups in total. The molecule has 0 fully saturated rings. The maximum atomic E-state index is 12.0. The molecule has 21 heavy (non-hydrogen) atoms. The van der Waals surface area contributed by atoms with Crippen LogP contribution in [-0.4, -0.2) is 44.2 Å². The van der Waals surface area contributed by atoms with E-state index in [2.05, 4.69) is 4.72 Å². The molecule has 0 atom stereocenters. The third-order valence-corrected chi connectivity index (χ3v) is 4.03. The van der Waals surface area contributed by atoms with Crippen molar-refractivity contribution in [3.8, 4) is 5.75 Å². The fraction of sp³-hybridized carbons (Fsp3) is 0.333.